The van der Waals surface area contributed by atoms with E-state index < -0.39 is 63.8 Å². The van der Waals surface area contributed by atoms with Gasteiger partial charge in [-0.15, -0.1) is 12.4 Å². The van der Waals surface area contributed by atoms with E-state index in [2.05, 4.69) is 10.0 Å². The SMILES string of the molecule is CN(CC1=C(c2ccc(Cl)cc2)S(=O)(=O)NC1(C)C)C(=O)[C@@H](COCc1c(F)cccc1F)NC(=O)C(C)(C)N.Cl. The normalized spacial score (nSPS) is 16.6. The van der Waals surface area contributed by atoms with E-state index in [1.165, 1.54) is 31.9 Å². The maximum atomic E-state index is 14.0. The number of carbonyl (C=O) groups is 2. The summed E-state index contributed by atoms with van der Waals surface area (Å²) < 4.78 is 62.3. The van der Waals surface area contributed by atoms with Crippen LogP contribution in [0.3, 0.4) is 0 Å². The van der Waals surface area contributed by atoms with Gasteiger partial charge in [-0.05, 0) is 63.1 Å². The minimum atomic E-state index is -3.93. The molecule has 0 saturated heterocycles. The zero-order valence-corrected chi connectivity index (χ0v) is 25.6. The van der Waals surface area contributed by atoms with Crippen LogP contribution in [0.15, 0.2) is 48.0 Å². The molecule has 14 heteroatoms. The van der Waals surface area contributed by atoms with Crippen molar-refractivity contribution < 1.29 is 31.5 Å². The van der Waals surface area contributed by atoms with Crippen molar-refractivity contribution in [3.63, 3.8) is 0 Å². The number of likely N-dealkylation sites (N-methyl/N-ethyl adjacent to an activating group) is 1. The number of hydrogen-bond acceptors (Lipinski definition) is 6. The van der Waals surface area contributed by atoms with Gasteiger partial charge in [-0.1, -0.05) is 29.8 Å². The van der Waals surface area contributed by atoms with Crippen molar-refractivity contribution in [3.8, 4) is 0 Å². The number of amides is 2. The van der Waals surface area contributed by atoms with Gasteiger partial charge in [0.05, 0.1) is 29.2 Å². The highest BCUT2D eigenvalue weighted by Gasteiger charge is 2.44. The van der Waals surface area contributed by atoms with Crippen molar-refractivity contribution in [1.82, 2.24) is 14.9 Å². The molecule has 0 saturated carbocycles. The van der Waals surface area contributed by atoms with E-state index in [0.29, 0.717) is 16.2 Å². The summed E-state index contributed by atoms with van der Waals surface area (Å²) in [5, 5.41) is 2.96. The smallest absolute Gasteiger partial charge is 0.247 e. The van der Waals surface area contributed by atoms with Crippen molar-refractivity contribution in [2.45, 2.75) is 51.4 Å². The Kier molecular flexibility index (Phi) is 11.1. The third kappa shape index (κ3) is 8.24. The summed E-state index contributed by atoms with van der Waals surface area (Å²) in [5.74, 6) is -2.92. The molecule has 2 amide bonds. The van der Waals surface area contributed by atoms with E-state index in [0.717, 1.165) is 12.1 Å². The van der Waals surface area contributed by atoms with Gasteiger partial charge in [-0.25, -0.2) is 21.9 Å². The molecule has 41 heavy (non-hydrogen) atoms. The molecule has 1 aliphatic heterocycles. The zero-order chi connectivity index (χ0) is 30.0. The van der Waals surface area contributed by atoms with Crippen LogP contribution < -0.4 is 15.8 Å². The third-order valence-electron chi connectivity index (χ3n) is 6.35. The van der Waals surface area contributed by atoms with E-state index in [1.807, 2.05) is 0 Å². The standard InChI is InChI=1S/C27H33ClF2N4O5S.ClH/c1-26(2,31)25(36)32-22(15-39-14-18-20(29)7-6-8-21(18)30)24(35)34(5)13-19-23(16-9-11-17(28)12-10-16)40(37,38)33-27(19,3)4;/h6-12,22,33H,13-15,31H2,1-5H3,(H,32,36);1H/t22-;/m1./s1. The van der Waals surface area contributed by atoms with Crippen molar-refractivity contribution in [1.29, 1.82) is 0 Å². The monoisotopic (exact) mass is 634 g/mol. The van der Waals surface area contributed by atoms with Crippen molar-refractivity contribution in [2.24, 2.45) is 5.73 Å². The van der Waals surface area contributed by atoms with Crippen LogP contribution in [-0.4, -0.2) is 62.5 Å². The molecule has 226 valence electrons. The number of nitrogens with two attached hydrogens (primary N) is 1. The van der Waals surface area contributed by atoms with Crippen molar-refractivity contribution >= 4 is 50.8 Å². The molecule has 0 aromatic heterocycles. The molecule has 3 rings (SSSR count). The number of nitrogens with zero attached hydrogens (tertiary/aromatic N) is 1. The summed E-state index contributed by atoms with van der Waals surface area (Å²) in [5.41, 5.74) is 3.97. The fourth-order valence-corrected chi connectivity index (χ4v) is 6.26. The van der Waals surface area contributed by atoms with Gasteiger partial charge in [-0.3, -0.25) is 9.59 Å². The lowest BCUT2D eigenvalue weighted by Gasteiger charge is -2.30. The average molecular weight is 636 g/mol. The molecule has 0 fully saturated rings. The molecule has 1 atom stereocenters. The Labute approximate surface area is 249 Å². The highest BCUT2D eigenvalue weighted by atomic mass is 35.5. The van der Waals surface area contributed by atoms with Crippen LogP contribution in [0.2, 0.25) is 5.02 Å². The predicted molar refractivity (Wildman–Crippen MR) is 156 cm³/mol. The third-order valence-corrected chi connectivity index (χ3v) is 8.40. The Bertz CT molecular complexity index is 1410. The molecule has 0 unspecified atom stereocenters. The molecule has 4 N–H and O–H groups in total. The molecule has 9 nitrogen and oxygen atoms in total. The first-order chi connectivity index (χ1) is 18.4. The predicted octanol–water partition coefficient (Wildman–Crippen LogP) is 3.36. The molecular formula is C27H34Cl2F2N4O5S. The van der Waals surface area contributed by atoms with Crippen LogP contribution in [0, 0.1) is 11.6 Å². The molecule has 2 aromatic carbocycles. The first-order valence-electron chi connectivity index (χ1n) is 12.3. The molecule has 0 aliphatic carbocycles. The number of nitrogens with one attached hydrogen (secondary N) is 2. The maximum Gasteiger partial charge on any atom is 0.247 e. The summed E-state index contributed by atoms with van der Waals surface area (Å²) in [6.45, 7) is 5.19. The molecule has 1 heterocycles. The van der Waals surface area contributed by atoms with Gasteiger partial charge in [0.25, 0.3) is 0 Å². The van der Waals surface area contributed by atoms with Gasteiger partial charge < -0.3 is 20.7 Å². The number of hydrogen-bond donors (Lipinski definition) is 3. The van der Waals surface area contributed by atoms with Gasteiger partial charge in [0.2, 0.25) is 21.8 Å². The molecule has 0 radical (unpaired) electrons. The quantitative estimate of drug-likeness (QED) is 0.367. The fraction of sp³-hybridized carbons (Fsp3) is 0.407. The molecule has 1 aliphatic rings. The number of ether oxygens (including phenoxy) is 1. The largest absolute Gasteiger partial charge is 0.374 e. The summed E-state index contributed by atoms with van der Waals surface area (Å²) >= 11 is 5.98. The highest BCUT2D eigenvalue weighted by molar-refractivity contribution is 7.99. The van der Waals surface area contributed by atoms with Crippen molar-refractivity contribution in [3.05, 3.63) is 75.8 Å². The Morgan fingerprint density at radius 2 is 1.71 bits per heavy atom. The van der Waals surface area contributed by atoms with Crippen LogP contribution in [0.5, 0.6) is 0 Å². The van der Waals surface area contributed by atoms with E-state index in [1.54, 1.807) is 38.1 Å². The average Bonchev–Trinajstić information content (AvgIpc) is 3.02. The minimum absolute atomic E-state index is 0. The van der Waals surface area contributed by atoms with Crippen LogP contribution in [-0.2, 0) is 31.0 Å². The van der Waals surface area contributed by atoms with Crippen LogP contribution in [0.25, 0.3) is 4.91 Å². The van der Waals surface area contributed by atoms with Crippen molar-refractivity contribution in [2.75, 3.05) is 20.2 Å². The molecule has 0 spiro atoms. The van der Waals surface area contributed by atoms with E-state index in [9.17, 15) is 26.8 Å². The number of carbonyl (C=O) groups excluding carboxylic acids is 2. The summed E-state index contributed by atoms with van der Waals surface area (Å²) in [7, 11) is -2.48. The first-order valence-corrected chi connectivity index (χ1v) is 14.2. The van der Waals surface area contributed by atoms with Gasteiger partial charge in [0.1, 0.15) is 17.7 Å². The Morgan fingerprint density at radius 1 is 1.15 bits per heavy atom. The van der Waals surface area contributed by atoms with E-state index in [4.69, 9.17) is 22.1 Å². The Morgan fingerprint density at radius 3 is 2.24 bits per heavy atom. The summed E-state index contributed by atoms with van der Waals surface area (Å²) in [4.78, 5) is 27.5. The second-order valence-electron chi connectivity index (χ2n) is 10.7. The van der Waals surface area contributed by atoms with E-state index >= 15 is 0 Å². The lowest BCUT2D eigenvalue weighted by Crippen LogP contribution is -2.57. The second-order valence-corrected chi connectivity index (χ2v) is 12.8. The van der Waals surface area contributed by atoms with E-state index in [-0.39, 0.29) is 29.4 Å². The van der Waals surface area contributed by atoms with Gasteiger partial charge in [0, 0.05) is 24.2 Å². The lowest BCUT2D eigenvalue weighted by molar-refractivity contribution is -0.138. The topological polar surface area (TPSA) is 131 Å². The number of sulfonamides is 1. The molecular weight excluding hydrogens is 601 g/mol. The zero-order valence-electron chi connectivity index (χ0n) is 23.3. The van der Waals surface area contributed by atoms with Crippen LogP contribution in [0.4, 0.5) is 8.78 Å². The first kappa shape index (κ1) is 34.6. The summed E-state index contributed by atoms with van der Waals surface area (Å²) in [6, 6.07) is 8.35. The number of rotatable bonds is 10. The van der Waals surface area contributed by atoms with Crippen LogP contribution in [0.1, 0.15) is 38.8 Å². The minimum Gasteiger partial charge on any atom is -0.374 e. The summed E-state index contributed by atoms with van der Waals surface area (Å²) in [6.07, 6.45) is 0. The number of halogens is 4. The van der Waals surface area contributed by atoms with Gasteiger partial charge in [-0.2, -0.15) is 0 Å². The highest BCUT2D eigenvalue weighted by Crippen LogP contribution is 2.38. The number of benzene rings is 2. The second kappa shape index (κ2) is 13.1. The molecule has 0 bridgehead atoms. The van der Waals surface area contributed by atoms with Crippen LogP contribution >= 0.6 is 24.0 Å². The fourth-order valence-electron chi connectivity index (χ4n) is 4.14. The lowest BCUT2D eigenvalue weighted by atomic mass is 9.92. The Hall–Kier alpha value is -2.61. The van der Waals surface area contributed by atoms with Gasteiger partial charge >= 0.3 is 0 Å². The van der Waals surface area contributed by atoms with Gasteiger partial charge in [0.15, 0.2) is 0 Å². The maximum absolute atomic E-state index is 14.0. The Balaban J connectivity index is 0.00000588. The molecule has 2 aromatic rings.